The number of hydrogen-bond donors (Lipinski definition) is 2. The number of carboxylic acid groups (broad SMARTS) is 1. The van der Waals surface area contributed by atoms with E-state index in [1.165, 1.54) is 17.8 Å². The molecule has 19 heavy (non-hydrogen) atoms. The van der Waals surface area contributed by atoms with E-state index >= 15 is 0 Å². The van der Waals surface area contributed by atoms with Crippen molar-refractivity contribution in [3.8, 4) is 0 Å². The highest BCUT2D eigenvalue weighted by Gasteiger charge is 2.19. The molecular weight excluding hydrogens is 272 g/mol. The van der Waals surface area contributed by atoms with Gasteiger partial charge in [-0.25, -0.2) is 17.9 Å². The smallest absolute Gasteiger partial charge is 0.352 e. The standard InChI is InChI=1S/C11H18N2O5S/c1-13-8-9(7-10(13)11(14)15)19(16,17)12-5-3-4-6-18-2/h7-8,12H,3-6H2,1-2H3,(H,14,15). The van der Waals surface area contributed by atoms with E-state index in [1.807, 2.05) is 0 Å². The first-order valence-corrected chi connectivity index (χ1v) is 7.25. The van der Waals surface area contributed by atoms with Gasteiger partial charge in [0.05, 0.1) is 0 Å². The maximum atomic E-state index is 11.9. The fourth-order valence-corrected chi connectivity index (χ4v) is 2.70. The van der Waals surface area contributed by atoms with Crippen LogP contribution in [0, 0.1) is 0 Å². The first-order valence-electron chi connectivity index (χ1n) is 5.76. The van der Waals surface area contributed by atoms with E-state index in [0.717, 1.165) is 12.5 Å². The number of unbranched alkanes of at least 4 members (excludes halogenated alkanes) is 1. The van der Waals surface area contributed by atoms with E-state index in [2.05, 4.69) is 4.72 Å². The van der Waals surface area contributed by atoms with Crippen LogP contribution in [0.15, 0.2) is 17.2 Å². The molecule has 0 amide bonds. The Balaban J connectivity index is 2.67. The predicted molar refractivity (Wildman–Crippen MR) is 68.7 cm³/mol. The molecule has 1 aromatic heterocycles. The minimum Gasteiger partial charge on any atom is -0.477 e. The Bertz CT molecular complexity index is 535. The number of methoxy groups -OCH3 is 1. The molecule has 0 aliphatic heterocycles. The van der Waals surface area contributed by atoms with Crippen molar-refractivity contribution in [2.45, 2.75) is 17.7 Å². The van der Waals surface area contributed by atoms with Crippen molar-refractivity contribution in [3.05, 3.63) is 18.0 Å². The molecule has 2 N–H and O–H groups in total. The minimum absolute atomic E-state index is 0.0425. The molecule has 0 bridgehead atoms. The molecule has 0 aliphatic rings. The number of aromatic nitrogens is 1. The van der Waals surface area contributed by atoms with Crippen molar-refractivity contribution in [1.29, 1.82) is 0 Å². The van der Waals surface area contributed by atoms with E-state index < -0.39 is 16.0 Å². The summed E-state index contributed by atoms with van der Waals surface area (Å²) >= 11 is 0. The van der Waals surface area contributed by atoms with Crippen molar-refractivity contribution >= 4 is 16.0 Å². The topological polar surface area (TPSA) is 97.6 Å². The van der Waals surface area contributed by atoms with Gasteiger partial charge in [-0.1, -0.05) is 0 Å². The number of nitrogens with zero attached hydrogens (tertiary/aromatic N) is 1. The number of carboxylic acids is 1. The number of ether oxygens (including phenoxy) is 1. The van der Waals surface area contributed by atoms with Gasteiger partial charge < -0.3 is 14.4 Å². The van der Waals surface area contributed by atoms with Gasteiger partial charge in [0.15, 0.2) is 0 Å². The summed E-state index contributed by atoms with van der Waals surface area (Å²) in [5.41, 5.74) is -0.0697. The van der Waals surface area contributed by atoms with E-state index in [9.17, 15) is 13.2 Å². The number of hydrogen-bond acceptors (Lipinski definition) is 4. The van der Waals surface area contributed by atoms with Crippen LogP contribution < -0.4 is 4.72 Å². The van der Waals surface area contributed by atoms with Gasteiger partial charge in [-0.3, -0.25) is 0 Å². The van der Waals surface area contributed by atoms with Crippen LogP contribution in [0.25, 0.3) is 0 Å². The zero-order valence-corrected chi connectivity index (χ0v) is 11.7. The van der Waals surface area contributed by atoms with Crippen LogP contribution in [0.1, 0.15) is 23.3 Å². The van der Waals surface area contributed by atoms with Gasteiger partial charge in [0.25, 0.3) is 0 Å². The minimum atomic E-state index is -3.66. The normalized spacial score (nSPS) is 11.7. The van der Waals surface area contributed by atoms with Crippen LogP contribution in [0.4, 0.5) is 0 Å². The first kappa shape index (κ1) is 15.7. The van der Waals surface area contributed by atoms with Gasteiger partial charge in [-0.05, 0) is 18.9 Å². The summed E-state index contributed by atoms with van der Waals surface area (Å²) in [5, 5.41) is 8.87. The van der Waals surface area contributed by atoms with E-state index in [0.29, 0.717) is 19.6 Å². The molecule has 7 nitrogen and oxygen atoms in total. The summed E-state index contributed by atoms with van der Waals surface area (Å²) in [6, 6.07) is 1.14. The largest absolute Gasteiger partial charge is 0.477 e. The van der Waals surface area contributed by atoms with Crippen LogP contribution in [0.5, 0.6) is 0 Å². The third kappa shape index (κ3) is 4.34. The van der Waals surface area contributed by atoms with Gasteiger partial charge in [-0.15, -0.1) is 0 Å². The molecule has 108 valence electrons. The van der Waals surface area contributed by atoms with Gasteiger partial charge in [0.1, 0.15) is 10.6 Å². The van der Waals surface area contributed by atoms with Crippen LogP contribution in [0.2, 0.25) is 0 Å². The summed E-state index contributed by atoms with van der Waals surface area (Å²) in [6.45, 7) is 0.874. The number of rotatable bonds is 8. The molecule has 0 radical (unpaired) electrons. The lowest BCUT2D eigenvalue weighted by molar-refractivity contribution is 0.0686. The zero-order chi connectivity index (χ0) is 14.5. The summed E-state index contributed by atoms with van der Waals surface area (Å²) in [7, 11) is -0.586. The second-order valence-electron chi connectivity index (χ2n) is 4.07. The van der Waals surface area contributed by atoms with Crippen molar-refractivity contribution in [3.63, 3.8) is 0 Å². The quantitative estimate of drug-likeness (QED) is 0.677. The lowest BCUT2D eigenvalue weighted by atomic mass is 10.3. The van der Waals surface area contributed by atoms with Gasteiger partial charge in [0, 0.05) is 33.5 Å². The van der Waals surface area contributed by atoms with Crippen LogP contribution >= 0.6 is 0 Å². The lowest BCUT2D eigenvalue weighted by Gasteiger charge is -2.04. The number of nitrogens with one attached hydrogen (secondary N) is 1. The third-order valence-corrected chi connectivity index (χ3v) is 4.00. The molecule has 0 spiro atoms. The Hall–Kier alpha value is -1.38. The highest BCUT2D eigenvalue weighted by molar-refractivity contribution is 7.89. The van der Waals surface area contributed by atoms with E-state index in [4.69, 9.17) is 9.84 Å². The third-order valence-electron chi connectivity index (χ3n) is 2.58. The highest BCUT2D eigenvalue weighted by Crippen LogP contribution is 2.13. The van der Waals surface area contributed by atoms with Crippen molar-refractivity contribution in [2.24, 2.45) is 7.05 Å². The van der Waals surface area contributed by atoms with Crippen LogP contribution in [-0.4, -0.2) is 44.3 Å². The Morgan fingerprint density at radius 3 is 2.68 bits per heavy atom. The fraction of sp³-hybridized carbons (Fsp3) is 0.545. The maximum absolute atomic E-state index is 11.9. The second-order valence-corrected chi connectivity index (χ2v) is 5.84. The number of sulfonamides is 1. The Labute approximate surface area is 112 Å². The molecular formula is C11H18N2O5S. The molecule has 0 unspecified atom stereocenters. The van der Waals surface area contributed by atoms with Gasteiger partial charge >= 0.3 is 5.97 Å². The summed E-state index contributed by atoms with van der Waals surface area (Å²) in [6.07, 6.45) is 2.70. The molecule has 0 saturated heterocycles. The molecule has 8 heteroatoms. The van der Waals surface area contributed by atoms with Crippen molar-refractivity contribution in [1.82, 2.24) is 9.29 Å². The van der Waals surface area contributed by atoms with Crippen LogP contribution in [0.3, 0.4) is 0 Å². The molecule has 1 aromatic rings. The Morgan fingerprint density at radius 2 is 2.16 bits per heavy atom. The van der Waals surface area contributed by atoms with E-state index in [-0.39, 0.29) is 10.6 Å². The first-order chi connectivity index (χ1) is 8.88. The van der Waals surface area contributed by atoms with Crippen molar-refractivity contribution < 1.29 is 23.1 Å². The maximum Gasteiger partial charge on any atom is 0.352 e. The van der Waals surface area contributed by atoms with Gasteiger partial charge in [0.2, 0.25) is 10.0 Å². The summed E-state index contributed by atoms with van der Waals surface area (Å²) < 4.78 is 32.4. The Morgan fingerprint density at radius 1 is 1.47 bits per heavy atom. The van der Waals surface area contributed by atoms with Crippen LogP contribution in [-0.2, 0) is 21.8 Å². The average molecular weight is 290 g/mol. The second kappa shape index (κ2) is 6.69. The molecule has 0 aliphatic carbocycles. The zero-order valence-electron chi connectivity index (χ0n) is 10.9. The predicted octanol–water partition coefficient (Wildman–Crippen LogP) is 0.428. The molecule has 0 atom stereocenters. The molecule has 1 rings (SSSR count). The van der Waals surface area contributed by atoms with E-state index in [1.54, 1.807) is 7.11 Å². The van der Waals surface area contributed by atoms with Crippen molar-refractivity contribution in [2.75, 3.05) is 20.3 Å². The number of carbonyl (C=O) groups is 1. The lowest BCUT2D eigenvalue weighted by Crippen LogP contribution is -2.24. The fourth-order valence-electron chi connectivity index (χ4n) is 1.56. The summed E-state index contributed by atoms with van der Waals surface area (Å²) in [5.74, 6) is -1.16. The number of aromatic carboxylic acids is 1. The highest BCUT2D eigenvalue weighted by atomic mass is 32.2. The average Bonchev–Trinajstić information content (AvgIpc) is 2.72. The monoisotopic (exact) mass is 290 g/mol. The molecule has 1 heterocycles. The molecule has 0 fully saturated rings. The SMILES string of the molecule is COCCCCNS(=O)(=O)c1cc(C(=O)O)n(C)c1. The number of aryl methyl sites for hydroxylation is 1. The Kier molecular flexibility index (Phi) is 5.52. The molecule has 0 aromatic carbocycles. The molecule has 0 saturated carbocycles. The summed E-state index contributed by atoms with van der Waals surface area (Å²) in [4.78, 5) is 10.8. The van der Waals surface area contributed by atoms with Gasteiger partial charge in [-0.2, -0.15) is 0 Å².